The van der Waals surface area contributed by atoms with Crippen LogP contribution in [0.1, 0.15) is 36.9 Å². The monoisotopic (exact) mass is 454 g/mol. The van der Waals surface area contributed by atoms with E-state index in [0.29, 0.717) is 20.9 Å². The Bertz CT molecular complexity index is 862. The Balaban J connectivity index is 1.86. The van der Waals surface area contributed by atoms with Crippen LogP contribution in [0, 0.1) is 3.83 Å². The van der Waals surface area contributed by atoms with Crippen LogP contribution in [-0.2, 0) is 11.2 Å². The van der Waals surface area contributed by atoms with Crippen molar-refractivity contribution in [3.63, 3.8) is 0 Å². The molecule has 7 heteroatoms. The van der Waals surface area contributed by atoms with Gasteiger partial charge in [-0.1, -0.05) is 41.9 Å². The molecule has 1 unspecified atom stereocenters. The van der Waals surface area contributed by atoms with Gasteiger partial charge >= 0.3 is 0 Å². The Labute approximate surface area is 158 Å². The van der Waals surface area contributed by atoms with Gasteiger partial charge in [-0.05, 0) is 24.8 Å². The van der Waals surface area contributed by atoms with Gasteiger partial charge in [-0.25, -0.2) is 15.0 Å². The van der Waals surface area contributed by atoms with Crippen molar-refractivity contribution in [1.29, 1.82) is 0 Å². The highest BCUT2D eigenvalue weighted by molar-refractivity contribution is 14.1. The van der Waals surface area contributed by atoms with Crippen LogP contribution >= 0.6 is 34.2 Å². The van der Waals surface area contributed by atoms with Crippen LogP contribution < -0.4 is 0 Å². The summed E-state index contributed by atoms with van der Waals surface area (Å²) in [5.41, 5.74) is 2.61. The van der Waals surface area contributed by atoms with E-state index in [9.17, 15) is 0 Å². The minimum atomic E-state index is -0.0378. The SMILES string of the molecule is Clc1nc(I)nc2c1nc(Cc1ccccc1)n2C1CCCCO1. The third-order valence-corrected chi connectivity index (χ3v) is 4.94. The van der Waals surface area contributed by atoms with Gasteiger partial charge in [0.25, 0.3) is 0 Å². The van der Waals surface area contributed by atoms with Crippen molar-refractivity contribution < 1.29 is 4.74 Å². The van der Waals surface area contributed by atoms with E-state index in [-0.39, 0.29) is 6.23 Å². The second-order valence-electron chi connectivity index (χ2n) is 5.84. The number of nitrogens with zero attached hydrogens (tertiary/aromatic N) is 4. The number of imidazole rings is 1. The van der Waals surface area contributed by atoms with Crippen molar-refractivity contribution in [2.75, 3.05) is 6.61 Å². The van der Waals surface area contributed by atoms with Gasteiger partial charge < -0.3 is 4.74 Å². The van der Waals surface area contributed by atoms with E-state index in [1.165, 1.54) is 5.56 Å². The van der Waals surface area contributed by atoms with Crippen molar-refractivity contribution in [3.05, 3.63) is 50.7 Å². The third-order valence-electron chi connectivity index (χ3n) is 4.19. The number of aromatic nitrogens is 4. The fourth-order valence-electron chi connectivity index (χ4n) is 3.09. The Morgan fingerprint density at radius 3 is 2.75 bits per heavy atom. The lowest BCUT2D eigenvalue weighted by molar-refractivity contribution is -0.0312. The number of fused-ring (bicyclic) bond motifs is 1. The number of halogens is 2. The van der Waals surface area contributed by atoms with Crippen LogP contribution in [0.4, 0.5) is 0 Å². The van der Waals surface area contributed by atoms with E-state index < -0.39 is 0 Å². The highest BCUT2D eigenvalue weighted by Crippen LogP contribution is 2.31. The molecule has 0 amide bonds. The van der Waals surface area contributed by atoms with Crippen molar-refractivity contribution in [2.24, 2.45) is 0 Å². The van der Waals surface area contributed by atoms with Crippen molar-refractivity contribution in [3.8, 4) is 0 Å². The smallest absolute Gasteiger partial charge is 0.194 e. The maximum Gasteiger partial charge on any atom is 0.194 e. The molecule has 4 rings (SSSR count). The number of ether oxygens (including phenoxy) is 1. The van der Waals surface area contributed by atoms with Crippen LogP contribution in [-0.4, -0.2) is 26.1 Å². The molecule has 1 atom stereocenters. The molecule has 0 saturated carbocycles. The number of hydrogen-bond donors (Lipinski definition) is 0. The quantitative estimate of drug-likeness (QED) is 0.335. The topological polar surface area (TPSA) is 52.8 Å². The molecule has 0 spiro atoms. The Morgan fingerprint density at radius 1 is 1.17 bits per heavy atom. The first-order chi connectivity index (χ1) is 11.7. The van der Waals surface area contributed by atoms with Crippen LogP contribution in [0.2, 0.25) is 5.15 Å². The Kier molecular flexibility index (Phi) is 4.69. The first kappa shape index (κ1) is 16.2. The molecule has 1 saturated heterocycles. The second kappa shape index (κ2) is 6.93. The van der Waals surface area contributed by atoms with E-state index in [1.807, 2.05) is 18.2 Å². The minimum absolute atomic E-state index is 0.0378. The molecule has 1 aliphatic heterocycles. The zero-order valence-corrected chi connectivity index (χ0v) is 15.9. The predicted molar refractivity (Wildman–Crippen MR) is 101 cm³/mol. The van der Waals surface area contributed by atoms with Gasteiger partial charge in [0, 0.05) is 35.6 Å². The molecule has 124 valence electrons. The van der Waals surface area contributed by atoms with Crippen molar-refractivity contribution >= 4 is 45.4 Å². The van der Waals surface area contributed by atoms with Gasteiger partial charge in [-0.15, -0.1) is 0 Å². The summed E-state index contributed by atoms with van der Waals surface area (Å²) in [7, 11) is 0. The van der Waals surface area contributed by atoms with Gasteiger partial charge in [0.2, 0.25) is 0 Å². The van der Waals surface area contributed by atoms with Gasteiger partial charge in [-0.3, -0.25) is 4.57 Å². The lowest BCUT2D eigenvalue weighted by Gasteiger charge is -2.25. The molecule has 1 aromatic carbocycles. The summed E-state index contributed by atoms with van der Waals surface area (Å²) < 4.78 is 8.73. The molecule has 3 aromatic rings. The maximum atomic E-state index is 6.32. The molecule has 3 heterocycles. The molecular formula is C17H16ClIN4O. The molecule has 0 bridgehead atoms. The zero-order valence-electron chi connectivity index (χ0n) is 13.0. The zero-order chi connectivity index (χ0) is 16.5. The summed E-state index contributed by atoms with van der Waals surface area (Å²) in [5, 5.41) is 0.397. The molecule has 0 aliphatic carbocycles. The fraction of sp³-hybridized carbons (Fsp3) is 0.353. The molecule has 0 radical (unpaired) electrons. The summed E-state index contributed by atoms with van der Waals surface area (Å²) in [6.45, 7) is 0.769. The van der Waals surface area contributed by atoms with Gasteiger partial charge in [0.15, 0.2) is 14.6 Å². The van der Waals surface area contributed by atoms with Crippen molar-refractivity contribution in [1.82, 2.24) is 19.5 Å². The average Bonchev–Trinajstić information content (AvgIpc) is 2.95. The molecular weight excluding hydrogens is 439 g/mol. The highest BCUT2D eigenvalue weighted by Gasteiger charge is 2.24. The second-order valence-corrected chi connectivity index (χ2v) is 7.16. The van der Waals surface area contributed by atoms with E-state index in [0.717, 1.165) is 37.3 Å². The Hall–Kier alpha value is -1.25. The van der Waals surface area contributed by atoms with Crippen LogP contribution in [0.5, 0.6) is 0 Å². The van der Waals surface area contributed by atoms with Crippen LogP contribution in [0.25, 0.3) is 11.2 Å². The summed E-state index contributed by atoms with van der Waals surface area (Å²) in [4.78, 5) is 13.6. The van der Waals surface area contributed by atoms with Crippen LogP contribution in [0.15, 0.2) is 30.3 Å². The van der Waals surface area contributed by atoms with Gasteiger partial charge in [-0.2, -0.15) is 0 Å². The van der Waals surface area contributed by atoms with Crippen molar-refractivity contribution in [2.45, 2.75) is 31.9 Å². The Morgan fingerprint density at radius 2 is 2.00 bits per heavy atom. The van der Waals surface area contributed by atoms with E-state index in [1.54, 1.807) is 0 Å². The fourth-order valence-corrected chi connectivity index (χ4v) is 3.91. The lowest BCUT2D eigenvalue weighted by Crippen LogP contribution is -2.20. The normalized spacial score (nSPS) is 18.2. The van der Waals surface area contributed by atoms with Gasteiger partial charge in [0.05, 0.1) is 0 Å². The molecule has 2 aromatic heterocycles. The first-order valence-electron chi connectivity index (χ1n) is 7.98. The number of hydrogen-bond acceptors (Lipinski definition) is 4. The van der Waals surface area contributed by atoms with Crippen LogP contribution in [0.3, 0.4) is 0 Å². The standard InChI is InChI=1S/C17H16ClIN4O/c18-15-14-16(22-17(19)21-15)23(13-8-4-5-9-24-13)12(20-14)10-11-6-2-1-3-7-11/h1-3,6-7,13H,4-5,8-10H2. The molecule has 1 aliphatic rings. The molecule has 1 fully saturated rings. The summed E-state index contributed by atoms with van der Waals surface area (Å²) >= 11 is 8.40. The lowest BCUT2D eigenvalue weighted by atomic mass is 10.1. The molecule has 24 heavy (non-hydrogen) atoms. The summed E-state index contributed by atoms with van der Waals surface area (Å²) in [6, 6.07) is 10.3. The first-order valence-corrected chi connectivity index (χ1v) is 9.43. The summed E-state index contributed by atoms with van der Waals surface area (Å²) in [6.07, 6.45) is 3.88. The minimum Gasteiger partial charge on any atom is -0.358 e. The number of rotatable bonds is 3. The van der Waals surface area contributed by atoms with E-state index in [2.05, 4.69) is 49.3 Å². The molecule has 5 nitrogen and oxygen atoms in total. The van der Waals surface area contributed by atoms with E-state index >= 15 is 0 Å². The van der Waals surface area contributed by atoms with Gasteiger partial charge in [0.1, 0.15) is 17.6 Å². The largest absolute Gasteiger partial charge is 0.358 e. The predicted octanol–water partition coefficient (Wildman–Crippen LogP) is 4.37. The van der Waals surface area contributed by atoms with E-state index in [4.69, 9.17) is 21.3 Å². The highest BCUT2D eigenvalue weighted by atomic mass is 127. The average molecular weight is 455 g/mol. The summed E-state index contributed by atoms with van der Waals surface area (Å²) in [5.74, 6) is 0.918. The maximum absolute atomic E-state index is 6.32. The molecule has 0 N–H and O–H groups in total. The number of benzene rings is 1. The third kappa shape index (κ3) is 3.14.